The summed E-state index contributed by atoms with van der Waals surface area (Å²) in [7, 11) is 0. The number of fused-ring (bicyclic) bond motifs is 1. The van der Waals surface area contributed by atoms with Gasteiger partial charge in [0.05, 0.1) is 11.6 Å². The molecule has 2 N–H and O–H groups in total. The minimum absolute atomic E-state index is 0.158. The predicted octanol–water partition coefficient (Wildman–Crippen LogP) is 1.96. The van der Waals surface area contributed by atoms with Crippen molar-refractivity contribution in [1.82, 2.24) is 4.98 Å². The van der Waals surface area contributed by atoms with Crippen molar-refractivity contribution >= 4 is 23.1 Å². The number of nitrogens with zero attached hydrogens (tertiary/aromatic N) is 1. The van der Waals surface area contributed by atoms with Crippen molar-refractivity contribution in [2.24, 2.45) is 0 Å². The first-order chi connectivity index (χ1) is 8.10. The zero-order chi connectivity index (χ0) is 12.4. The average Bonchev–Trinajstić information content (AvgIpc) is 2.69. The van der Waals surface area contributed by atoms with Gasteiger partial charge in [0.1, 0.15) is 5.52 Å². The number of aromatic nitrogens is 1. The van der Waals surface area contributed by atoms with E-state index in [2.05, 4.69) is 16.2 Å². The van der Waals surface area contributed by atoms with E-state index in [4.69, 9.17) is 15.9 Å². The van der Waals surface area contributed by atoms with Gasteiger partial charge in [-0.2, -0.15) is 4.98 Å². The van der Waals surface area contributed by atoms with Gasteiger partial charge in [0, 0.05) is 0 Å². The summed E-state index contributed by atoms with van der Waals surface area (Å²) < 4.78 is 5.35. The highest BCUT2D eigenvalue weighted by molar-refractivity contribution is 5.92. The second-order valence-electron chi connectivity index (χ2n) is 3.54. The van der Waals surface area contributed by atoms with Gasteiger partial charge < -0.3 is 14.8 Å². The molecule has 1 unspecified atom stereocenters. The zero-order valence-corrected chi connectivity index (χ0v) is 9.10. The highest BCUT2D eigenvalue weighted by Crippen LogP contribution is 2.20. The van der Waals surface area contributed by atoms with E-state index in [0.717, 1.165) is 0 Å². The first-order valence-electron chi connectivity index (χ1n) is 4.96. The molecule has 1 aromatic heterocycles. The quantitative estimate of drug-likeness (QED) is 0.788. The maximum Gasteiger partial charge on any atom is 0.335 e. The van der Waals surface area contributed by atoms with E-state index in [1.165, 1.54) is 12.1 Å². The third-order valence-electron chi connectivity index (χ3n) is 2.23. The fourth-order valence-corrected chi connectivity index (χ4v) is 1.35. The van der Waals surface area contributed by atoms with Crippen molar-refractivity contribution in [3.63, 3.8) is 0 Å². The van der Waals surface area contributed by atoms with Gasteiger partial charge in [-0.15, -0.1) is 6.42 Å². The molecule has 0 aliphatic heterocycles. The van der Waals surface area contributed by atoms with Gasteiger partial charge in [0.25, 0.3) is 6.01 Å². The summed E-state index contributed by atoms with van der Waals surface area (Å²) in [5.74, 6) is 1.48. The molecule has 0 radical (unpaired) electrons. The Morgan fingerprint density at radius 1 is 1.65 bits per heavy atom. The van der Waals surface area contributed by atoms with Gasteiger partial charge in [0.2, 0.25) is 0 Å². The molecule has 0 saturated carbocycles. The standard InChI is InChI=1S/C12H10N2O3/c1-3-7(2)13-12-14-9-5-4-8(11(15)16)6-10(9)17-12/h1,4-7H,2H3,(H,13,14)(H,15,16). The van der Waals surface area contributed by atoms with Crippen LogP contribution in [0.5, 0.6) is 0 Å². The topological polar surface area (TPSA) is 75.4 Å². The number of carboxylic acid groups (broad SMARTS) is 1. The van der Waals surface area contributed by atoms with Crippen LogP contribution in [0.1, 0.15) is 17.3 Å². The van der Waals surface area contributed by atoms with E-state index in [9.17, 15) is 4.79 Å². The molecule has 0 aliphatic carbocycles. The summed E-state index contributed by atoms with van der Waals surface area (Å²) >= 11 is 0. The molecule has 1 heterocycles. The Hall–Kier alpha value is -2.48. The lowest BCUT2D eigenvalue weighted by Crippen LogP contribution is -2.11. The number of aromatic carboxylic acids is 1. The number of nitrogens with one attached hydrogen (secondary N) is 1. The number of rotatable bonds is 3. The molecular weight excluding hydrogens is 220 g/mol. The van der Waals surface area contributed by atoms with Gasteiger partial charge in [-0.1, -0.05) is 5.92 Å². The van der Waals surface area contributed by atoms with Crippen LogP contribution in [0.3, 0.4) is 0 Å². The van der Waals surface area contributed by atoms with Crippen LogP contribution >= 0.6 is 0 Å². The highest BCUT2D eigenvalue weighted by Gasteiger charge is 2.10. The lowest BCUT2D eigenvalue weighted by molar-refractivity contribution is 0.0697. The number of oxazole rings is 1. The van der Waals surface area contributed by atoms with E-state index >= 15 is 0 Å². The third-order valence-corrected chi connectivity index (χ3v) is 2.23. The molecule has 0 amide bonds. The lowest BCUT2D eigenvalue weighted by atomic mass is 10.2. The summed E-state index contributed by atoms with van der Waals surface area (Å²) in [6.07, 6.45) is 5.22. The SMILES string of the molecule is C#CC(C)Nc1nc2ccc(C(=O)O)cc2o1. The lowest BCUT2D eigenvalue weighted by Gasteiger charge is -2.02. The van der Waals surface area contributed by atoms with Gasteiger partial charge in [-0.25, -0.2) is 4.79 Å². The molecule has 5 nitrogen and oxygen atoms in total. The molecule has 0 fully saturated rings. The molecule has 0 bridgehead atoms. The number of benzene rings is 1. The smallest absolute Gasteiger partial charge is 0.335 e. The number of hydrogen-bond donors (Lipinski definition) is 2. The van der Waals surface area contributed by atoms with Gasteiger partial charge in [-0.3, -0.25) is 0 Å². The van der Waals surface area contributed by atoms with E-state index in [-0.39, 0.29) is 17.6 Å². The van der Waals surface area contributed by atoms with Gasteiger partial charge in [0.15, 0.2) is 5.58 Å². The maximum atomic E-state index is 10.8. The molecule has 0 saturated heterocycles. The normalized spacial score (nSPS) is 12.0. The van der Waals surface area contributed by atoms with Crippen molar-refractivity contribution in [1.29, 1.82) is 0 Å². The fraction of sp³-hybridized carbons (Fsp3) is 0.167. The molecule has 17 heavy (non-hydrogen) atoms. The van der Waals surface area contributed by atoms with Crippen molar-refractivity contribution in [2.75, 3.05) is 5.32 Å². The number of carboxylic acids is 1. The maximum absolute atomic E-state index is 10.8. The molecule has 86 valence electrons. The number of hydrogen-bond acceptors (Lipinski definition) is 4. The first-order valence-corrected chi connectivity index (χ1v) is 4.96. The van der Waals surface area contributed by atoms with Gasteiger partial charge in [-0.05, 0) is 25.1 Å². The van der Waals surface area contributed by atoms with Crippen LogP contribution in [0.25, 0.3) is 11.1 Å². The first kappa shape index (κ1) is 11.0. The fourth-order valence-electron chi connectivity index (χ4n) is 1.35. The van der Waals surface area contributed by atoms with Crippen LogP contribution in [0.2, 0.25) is 0 Å². The van der Waals surface area contributed by atoms with Crippen molar-refractivity contribution in [2.45, 2.75) is 13.0 Å². The van der Waals surface area contributed by atoms with Crippen LogP contribution in [-0.4, -0.2) is 22.1 Å². The molecule has 1 aromatic carbocycles. The predicted molar refractivity (Wildman–Crippen MR) is 62.9 cm³/mol. The Morgan fingerprint density at radius 3 is 3.06 bits per heavy atom. The molecule has 2 rings (SSSR count). The van der Waals surface area contributed by atoms with Crippen LogP contribution in [0.15, 0.2) is 22.6 Å². The summed E-state index contributed by atoms with van der Waals surface area (Å²) in [5, 5.41) is 11.7. The van der Waals surface area contributed by atoms with Crippen LogP contribution in [0, 0.1) is 12.3 Å². The van der Waals surface area contributed by atoms with Crippen molar-refractivity contribution in [3.05, 3.63) is 23.8 Å². The Kier molecular flexibility index (Phi) is 2.71. The second-order valence-corrected chi connectivity index (χ2v) is 3.54. The molecular formula is C12H10N2O3. The Labute approximate surface area is 97.5 Å². The molecule has 1 atom stereocenters. The van der Waals surface area contributed by atoms with E-state index in [1.54, 1.807) is 13.0 Å². The monoisotopic (exact) mass is 230 g/mol. The zero-order valence-electron chi connectivity index (χ0n) is 9.10. The van der Waals surface area contributed by atoms with Crippen LogP contribution < -0.4 is 5.32 Å². The number of anilines is 1. The third kappa shape index (κ3) is 2.21. The number of carbonyl (C=O) groups is 1. The van der Waals surface area contributed by atoms with Gasteiger partial charge >= 0.3 is 5.97 Å². The van der Waals surface area contributed by atoms with Crippen LogP contribution in [0.4, 0.5) is 6.01 Å². The Bertz CT molecular complexity index is 610. The summed E-state index contributed by atoms with van der Waals surface area (Å²) in [4.78, 5) is 14.9. The summed E-state index contributed by atoms with van der Waals surface area (Å²) in [6, 6.07) is 4.57. The summed E-state index contributed by atoms with van der Waals surface area (Å²) in [6.45, 7) is 1.79. The molecule has 0 aliphatic rings. The minimum atomic E-state index is -1.00. The second kappa shape index (κ2) is 4.18. The van der Waals surface area contributed by atoms with Crippen molar-refractivity contribution in [3.8, 4) is 12.3 Å². The Balaban J connectivity index is 2.37. The molecule has 5 heteroatoms. The average molecular weight is 230 g/mol. The highest BCUT2D eigenvalue weighted by atomic mass is 16.4. The molecule has 2 aromatic rings. The number of terminal acetylenes is 1. The van der Waals surface area contributed by atoms with E-state index in [0.29, 0.717) is 11.1 Å². The minimum Gasteiger partial charge on any atom is -0.478 e. The van der Waals surface area contributed by atoms with Crippen LogP contribution in [-0.2, 0) is 0 Å². The Morgan fingerprint density at radius 2 is 2.41 bits per heavy atom. The van der Waals surface area contributed by atoms with Crippen molar-refractivity contribution < 1.29 is 14.3 Å². The van der Waals surface area contributed by atoms with E-state index in [1.807, 2.05) is 0 Å². The molecule has 0 spiro atoms. The van der Waals surface area contributed by atoms with E-state index < -0.39 is 5.97 Å². The largest absolute Gasteiger partial charge is 0.478 e. The summed E-state index contributed by atoms with van der Waals surface area (Å²) in [5.41, 5.74) is 1.16.